The molecule has 0 unspecified atom stereocenters. The predicted molar refractivity (Wildman–Crippen MR) is 107 cm³/mol. The van der Waals surface area contributed by atoms with Gasteiger partial charge in [0.25, 0.3) is 5.69 Å². The van der Waals surface area contributed by atoms with Gasteiger partial charge in [-0.2, -0.15) is 4.31 Å². The Morgan fingerprint density at radius 1 is 1.21 bits per heavy atom. The van der Waals surface area contributed by atoms with Gasteiger partial charge in [0.2, 0.25) is 10.0 Å². The highest BCUT2D eigenvalue weighted by molar-refractivity contribution is 7.89. The average molecular weight is 412 g/mol. The molecule has 0 spiro atoms. The molecule has 0 saturated carbocycles. The lowest BCUT2D eigenvalue weighted by atomic mass is 9.94. The van der Waals surface area contributed by atoms with Crippen molar-refractivity contribution in [1.82, 2.24) is 4.31 Å². The van der Waals surface area contributed by atoms with Gasteiger partial charge in [0.1, 0.15) is 5.69 Å². The number of sulfonamides is 1. The van der Waals surface area contributed by atoms with Gasteiger partial charge in [0.05, 0.1) is 9.82 Å². The van der Waals surface area contributed by atoms with Crippen LogP contribution in [0.1, 0.15) is 33.1 Å². The molecule has 0 aliphatic carbocycles. The highest BCUT2D eigenvalue weighted by Gasteiger charge is 2.34. The van der Waals surface area contributed by atoms with Gasteiger partial charge in [-0.1, -0.05) is 13.8 Å². The van der Waals surface area contributed by atoms with E-state index in [1.54, 1.807) is 6.07 Å². The average Bonchev–Trinajstić information content (AvgIpc) is 2.66. The summed E-state index contributed by atoms with van der Waals surface area (Å²) in [5.41, 5.74) is 0.222. The molecule has 0 radical (unpaired) electrons. The van der Waals surface area contributed by atoms with E-state index in [-0.39, 0.29) is 34.9 Å². The monoisotopic (exact) mass is 411 g/mol. The lowest BCUT2D eigenvalue weighted by Gasteiger charge is -2.34. The number of hydrogen-bond donors (Lipinski definition) is 1. The second-order valence-corrected chi connectivity index (χ2v) is 10.3. The van der Waals surface area contributed by atoms with Crippen LogP contribution in [0, 0.1) is 27.9 Å². The Morgan fingerprint density at radius 2 is 1.89 bits per heavy atom. The van der Waals surface area contributed by atoms with Crippen LogP contribution in [-0.2, 0) is 10.0 Å². The minimum absolute atomic E-state index is 0.0278. The molecule has 28 heavy (non-hydrogen) atoms. The molecular weight excluding hydrogens is 382 g/mol. The molecule has 9 heteroatoms. The van der Waals surface area contributed by atoms with Gasteiger partial charge in [0.15, 0.2) is 0 Å². The van der Waals surface area contributed by atoms with Crippen LogP contribution >= 0.6 is 0 Å². The van der Waals surface area contributed by atoms with E-state index in [1.165, 1.54) is 16.4 Å². The van der Waals surface area contributed by atoms with Crippen molar-refractivity contribution in [3.05, 3.63) is 28.3 Å². The number of piperidine rings is 2. The molecule has 1 aromatic carbocycles. The van der Waals surface area contributed by atoms with Crippen molar-refractivity contribution in [2.75, 3.05) is 37.7 Å². The molecule has 2 heterocycles. The fourth-order valence-corrected chi connectivity index (χ4v) is 6.16. The first-order chi connectivity index (χ1) is 13.2. The molecule has 0 amide bonds. The van der Waals surface area contributed by atoms with Gasteiger partial charge in [-0.3, -0.25) is 10.1 Å². The van der Waals surface area contributed by atoms with E-state index in [0.717, 1.165) is 19.3 Å². The lowest BCUT2D eigenvalue weighted by molar-refractivity contribution is -0.384. The van der Waals surface area contributed by atoms with Gasteiger partial charge in [-0.15, -0.1) is 0 Å². The molecule has 2 aliphatic heterocycles. The Balaban J connectivity index is 1.93. The van der Waals surface area contributed by atoms with Crippen LogP contribution in [0.3, 0.4) is 0 Å². The topological polar surface area (TPSA) is 104 Å². The van der Waals surface area contributed by atoms with Crippen molar-refractivity contribution >= 4 is 21.4 Å². The first-order valence-electron chi connectivity index (χ1n) is 9.86. The highest BCUT2D eigenvalue weighted by Crippen LogP contribution is 2.35. The van der Waals surface area contributed by atoms with Crippen molar-refractivity contribution in [2.24, 2.45) is 17.8 Å². The van der Waals surface area contributed by atoms with Crippen LogP contribution in [0.4, 0.5) is 11.4 Å². The standard InChI is InChI=1S/C19H29N3O5S/c1-14-8-15(2)11-21(10-14)28(26,27)17-5-6-18(19(9-17)22(24)25)20-7-3-4-16(12-20)13-23/h5-6,9,14-16,23H,3-4,7-8,10-13H2,1-2H3/t14-,15+,16-/m1/s1. The molecule has 8 nitrogen and oxygen atoms in total. The number of aliphatic hydroxyl groups is 1. The summed E-state index contributed by atoms with van der Waals surface area (Å²) in [5, 5.41) is 21.1. The number of nitro benzene ring substituents is 1. The summed E-state index contributed by atoms with van der Waals surface area (Å²) in [6, 6.07) is 4.21. The number of anilines is 1. The van der Waals surface area contributed by atoms with E-state index in [0.29, 0.717) is 31.9 Å². The molecule has 2 fully saturated rings. The van der Waals surface area contributed by atoms with Crippen molar-refractivity contribution < 1.29 is 18.4 Å². The smallest absolute Gasteiger partial charge is 0.293 e. The fraction of sp³-hybridized carbons (Fsp3) is 0.684. The number of nitrogens with zero attached hydrogens (tertiary/aromatic N) is 3. The Labute approximate surface area is 166 Å². The molecule has 3 rings (SSSR count). The predicted octanol–water partition coefficient (Wildman–Crippen LogP) is 2.47. The zero-order valence-corrected chi connectivity index (χ0v) is 17.3. The van der Waals surface area contributed by atoms with Crippen molar-refractivity contribution in [3.63, 3.8) is 0 Å². The van der Waals surface area contributed by atoms with E-state index < -0.39 is 14.9 Å². The van der Waals surface area contributed by atoms with Crippen LogP contribution in [0.2, 0.25) is 0 Å². The van der Waals surface area contributed by atoms with Crippen molar-refractivity contribution in [1.29, 1.82) is 0 Å². The van der Waals surface area contributed by atoms with Crippen LogP contribution in [0.25, 0.3) is 0 Å². The molecular formula is C19H29N3O5S. The van der Waals surface area contributed by atoms with Crippen LogP contribution < -0.4 is 4.90 Å². The van der Waals surface area contributed by atoms with E-state index in [1.807, 2.05) is 18.7 Å². The minimum atomic E-state index is -3.78. The zero-order valence-electron chi connectivity index (χ0n) is 16.5. The van der Waals surface area contributed by atoms with E-state index in [2.05, 4.69) is 0 Å². The van der Waals surface area contributed by atoms with Gasteiger partial charge >= 0.3 is 0 Å². The lowest BCUT2D eigenvalue weighted by Crippen LogP contribution is -2.42. The zero-order chi connectivity index (χ0) is 20.5. The van der Waals surface area contributed by atoms with Crippen molar-refractivity contribution in [2.45, 2.75) is 38.0 Å². The van der Waals surface area contributed by atoms with Crippen LogP contribution in [0.5, 0.6) is 0 Å². The van der Waals surface area contributed by atoms with Crippen LogP contribution in [-0.4, -0.2) is 55.5 Å². The maximum atomic E-state index is 13.1. The Morgan fingerprint density at radius 3 is 2.50 bits per heavy atom. The van der Waals surface area contributed by atoms with Gasteiger partial charge in [0, 0.05) is 38.9 Å². The summed E-state index contributed by atoms with van der Waals surface area (Å²) in [5.74, 6) is 0.598. The Kier molecular flexibility index (Phi) is 6.26. The molecule has 0 aromatic heterocycles. The summed E-state index contributed by atoms with van der Waals surface area (Å²) in [6.45, 7) is 6.16. The molecule has 2 aliphatic rings. The van der Waals surface area contributed by atoms with E-state index in [4.69, 9.17) is 0 Å². The first kappa shape index (κ1) is 21.0. The molecule has 156 valence electrons. The highest BCUT2D eigenvalue weighted by atomic mass is 32.2. The number of rotatable bonds is 5. The molecule has 1 aromatic rings. The van der Waals surface area contributed by atoms with Crippen LogP contribution in [0.15, 0.2) is 23.1 Å². The molecule has 1 N–H and O–H groups in total. The number of aliphatic hydroxyl groups excluding tert-OH is 1. The SMILES string of the molecule is C[C@@H]1C[C@H](C)CN(S(=O)(=O)c2ccc(N3CCC[C@@H](CO)C3)c([N+](=O)[O-])c2)C1. The third-order valence-corrected chi connectivity index (χ3v) is 7.56. The first-order valence-corrected chi connectivity index (χ1v) is 11.3. The maximum Gasteiger partial charge on any atom is 0.293 e. The second kappa shape index (κ2) is 8.34. The van der Waals surface area contributed by atoms with Gasteiger partial charge < -0.3 is 10.0 Å². The fourth-order valence-electron chi connectivity index (χ4n) is 4.46. The largest absolute Gasteiger partial charge is 0.396 e. The normalized spacial score (nSPS) is 27.0. The number of hydrogen-bond acceptors (Lipinski definition) is 6. The molecule has 0 bridgehead atoms. The third-order valence-electron chi connectivity index (χ3n) is 5.73. The second-order valence-electron chi connectivity index (χ2n) is 8.31. The third kappa shape index (κ3) is 4.31. The number of benzene rings is 1. The summed E-state index contributed by atoms with van der Waals surface area (Å²) >= 11 is 0. The van der Waals surface area contributed by atoms with Gasteiger partial charge in [-0.05, 0) is 49.1 Å². The summed E-state index contributed by atoms with van der Waals surface area (Å²) in [6.07, 6.45) is 2.71. The summed E-state index contributed by atoms with van der Waals surface area (Å²) < 4.78 is 27.6. The summed E-state index contributed by atoms with van der Waals surface area (Å²) in [7, 11) is -3.78. The molecule has 2 saturated heterocycles. The number of nitro groups is 1. The van der Waals surface area contributed by atoms with Crippen molar-refractivity contribution in [3.8, 4) is 0 Å². The molecule has 3 atom stereocenters. The van der Waals surface area contributed by atoms with E-state index in [9.17, 15) is 23.6 Å². The summed E-state index contributed by atoms with van der Waals surface area (Å²) in [4.78, 5) is 13.0. The van der Waals surface area contributed by atoms with E-state index >= 15 is 0 Å². The minimum Gasteiger partial charge on any atom is -0.396 e. The quantitative estimate of drug-likeness (QED) is 0.590. The van der Waals surface area contributed by atoms with Gasteiger partial charge in [-0.25, -0.2) is 8.42 Å². The Hall–Kier alpha value is -1.71. The maximum absolute atomic E-state index is 13.1. The Bertz CT molecular complexity index is 819.